The van der Waals surface area contributed by atoms with Crippen molar-refractivity contribution >= 4 is 29.0 Å². The fourth-order valence-electron chi connectivity index (χ4n) is 3.95. The fourth-order valence-corrected chi connectivity index (χ4v) is 4.25. The molecule has 2 aliphatic rings. The highest BCUT2D eigenvalue weighted by Gasteiger charge is 2.20. The van der Waals surface area contributed by atoms with Gasteiger partial charge in [0.2, 0.25) is 0 Å². The van der Waals surface area contributed by atoms with Crippen molar-refractivity contribution in [3.8, 4) is 0 Å². The molecule has 26 heavy (non-hydrogen) atoms. The highest BCUT2D eigenvalue weighted by Crippen LogP contribution is 2.30. The van der Waals surface area contributed by atoms with Crippen molar-refractivity contribution in [3.05, 3.63) is 23.2 Å². The molecule has 2 fully saturated rings. The van der Waals surface area contributed by atoms with Crippen LogP contribution in [0.4, 0.5) is 16.2 Å². The maximum Gasteiger partial charge on any atom is 0.319 e. The second-order valence-electron chi connectivity index (χ2n) is 7.43. The number of hydrogen-bond acceptors (Lipinski definition) is 3. The van der Waals surface area contributed by atoms with E-state index in [1.165, 1.54) is 25.7 Å². The quantitative estimate of drug-likeness (QED) is 0.801. The van der Waals surface area contributed by atoms with Crippen molar-refractivity contribution in [1.29, 1.82) is 0 Å². The van der Waals surface area contributed by atoms with Gasteiger partial charge in [0.15, 0.2) is 0 Å². The van der Waals surface area contributed by atoms with Crippen molar-refractivity contribution in [2.75, 3.05) is 42.9 Å². The molecule has 0 aromatic heterocycles. The Hall–Kier alpha value is -1.46. The Labute approximate surface area is 162 Å². The maximum absolute atomic E-state index is 12.3. The predicted molar refractivity (Wildman–Crippen MR) is 109 cm³/mol. The zero-order chi connectivity index (χ0) is 18.4. The topological polar surface area (TPSA) is 47.6 Å². The lowest BCUT2D eigenvalue weighted by molar-refractivity contribution is 0.196. The van der Waals surface area contributed by atoms with Crippen LogP contribution in [0.5, 0.6) is 0 Å². The Bertz CT molecular complexity index is 595. The maximum atomic E-state index is 12.3. The lowest BCUT2D eigenvalue weighted by Gasteiger charge is -2.32. The van der Waals surface area contributed by atoms with E-state index in [4.69, 9.17) is 11.6 Å². The third kappa shape index (κ3) is 5.27. The summed E-state index contributed by atoms with van der Waals surface area (Å²) >= 11 is 6.46. The molecule has 0 aliphatic carbocycles. The summed E-state index contributed by atoms with van der Waals surface area (Å²) in [4.78, 5) is 17.1. The molecule has 6 heteroatoms. The van der Waals surface area contributed by atoms with Crippen LogP contribution in [-0.4, -0.2) is 49.7 Å². The second kappa shape index (κ2) is 9.47. The van der Waals surface area contributed by atoms with Gasteiger partial charge in [-0.2, -0.15) is 0 Å². The number of halogens is 1. The summed E-state index contributed by atoms with van der Waals surface area (Å²) in [6.07, 6.45) is 6.95. The van der Waals surface area contributed by atoms with Gasteiger partial charge in [0.25, 0.3) is 0 Å². The number of carbonyl (C=O) groups excluding carboxylic acids is 1. The number of anilines is 2. The number of nitrogens with one attached hydrogen (secondary N) is 2. The molecule has 1 aromatic rings. The van der Waals surface area contributed by atoms with E-state index < -0.39 is 0 Å². The number of amides is 2. The van der Waals surface area contributed by atoms with Crippen LogP contribution < -0.4 is 15.5 Å². The molecular weight excluding hydrogens is 348 g/mol. The number of piperidine rings is 2. The van der Waals surface area contributed by atoms with Crippen molar-refractivity contribution in [1.82, 2.24) is 10.2 Å². The first-order valence-electron chi connectivity index (χ1n) is 10.00. The number of rotatable bonds is 5. The van der Waals surface area contributed by atoms with Gasteiger partial charge in [0.05, 0.1) is 10.7 Å². The van der Waals surface area contributed by atoms with Gasteiger partial charge in [-0.1, -0.05) is 18.5 Å². The van der Waals surface area contributed by atoms with Crippen molar-refractivity contribution < 1.29 is 4.79 Å². The molecule has 144 valence electrons. The van der Waals surface area contributed by atoms with Gasteiger partial charge in [-0.3, -0.25) is 0 Å². The van der Waals surface area contributed by atoms with Crippen LogP contribution in [0, 0.1) is 0 Å². The van der Waals surface area contributed by atoms with Crippen LogP contribution in [0.1, 0.15) is 45.4 Å². The normalized spacial score (nSPS) is 19.4. The zero-order valence-electron chi connectivity index (χ0n) is 15.8. The van der Waals surface area contributed by atoms with Gasteiger partial charge in [0, 0.05) is 37.9 Å². The molecule has 0 radical (unpaired) electrons. The molecule has 3 rings (SSSR count). The van der Waals surface area contributed by atoms with E-state index in [-0.39, 0.29) is 12.1 Å². The van der Waals surface area contributed by atoms with Crippen LogP contribution in [0.2, 0.25) is 5.02 Å². The molecular formula is C20H31ClN4O. The minimum Gasteiger partial charge on any atom is -0.370 e. The van der Waals surface area contributed by atoms with E-state index in [0.717, 1.165) is 56.9 Å². The van der Waals surface area contributed by atoms with Crippen LogP contribution in [0.3, 0.4) is 0 Å². The molecule has 0 bridgehead atoms. The summed E-state index contributed by atoms with van der Waals surface area (Å²) in [5.74, 6) is 0. The number of benzene rings is 1. The van der Waals surface area contributed by atoms with Gasteiger partial charge in [-0.15, -0.1) is 0 Å². The minimum atomic E-state index is -0.138. The zero-order valence-corrected chi connectivity index (χ0v) is 16.5. The van der Waals surface area contributed by atoms with Crippen molar-refractivity contribution in [3.63, 3.8) is 0 Å². The van der Waals surface area contributed by atoms with Crippen LogP contribution in [0.25, 0.3) is 0 Å². The summed E-state index contributed by atoms with van der Waals surface area (Å²) in [6, 6.07) is 5.94. The lowest BCUT2D eigenvalue weighted by Crippen LogP contribution is -2.46. The largest absolute Gasteiger partial charge is 0.370 e. The molecule has 2 amide bonds. The Morgan fingerprint density at radius 1 is 1.15 bits per heavy atom. The van der Waals surface area contributed by atoms with E-state index in [1.807, 2.05) is 18.2 Å². The van der Waals surface area contributed by atoms with Crippen LogP contribution in [-0.2, 0) is 0 Å². The number of likely N-dealkylation sites (tertiary alicyclic amines) is 1. The van der Waals surface area contributed by atoms with Gasteiger partial charge in [0.1, 0.15) is 0 Å². The molecule has 1 aromatic carbocycles. The van der Waals surface area contributed by atoms with E-state index >= 15 is 0 Å². The first kappa shape index (κ1) is 19.3. The summed E-state index contributed by atoms with van der Waals surface area (Å²) < 4.78 is 0. The standard InChI is InChI=1S/C20H31ClN4O/c1-2-10-24-13-8-16(9-14-24)22-20(26)23-17-6-7-19(18(21)15-17)25-11-4-3-5-12-25/h6-7,15-16H,2-5,8-14H2,1H3,(H2,22,23,26). The van der Waals surface area contributed by atoms with E-state index in [9.17, 15) is 4.79 Å². The first-order chi connectivity index (χ1) is 12.7. The third-order valence-corrected chi connectivity index (χ3v) is 5.67. The summed E-state index contributed by atoms with van der Waals surface area (Å²) in [5, 5.41) is 6.73. The number of hydrogen-bond donors (Lipinski definition) is 2. The Morgan fingerprint density at radius 2 is 1.88 bits per heavy atom. The molecule has 0 spiro atoms. The lowest BCUT2D eigenvalue weighted by atomic mass is 10.1. The van der Waals surface area contributed by atoms with Gasteiger partial charge in [-0.25, -0.2) is 4.79 Å². The molecule has 0 unspecified atom stereocenters. The van der Waals surface area contributed by atoms with Crippen LogP contribution >= 0.6 is 11.6 Å². The molecule has 2 aliphatic heterocycles. The summed E-state index contributed by atoms with van der Waals surface area (Å²) in [7, 11) is 0. The minimum absolute atomic E-state index is 0.138. The second-order valence-corrected chi connectivity index (χ2v) is 7.84. The molecule has 2 heterocycles. The predicted octanol–water partition coefficient (Wildman–Crippen LogP) is 4.33. The summed E-state index contributed by atoms with van der Waals surface area (Å²) in [5.41, 5.74) is 1.82. The average molecular weight is 379 g/mol. The monoisotopic (exact) mass is 378 g/mol. The average Bonchev–Trinajstić information content (AvgIpc) is 2.64. The number of carbonyl (C=O) groups is 1. The Morgan fingerprint density at radius 3 is 2.54 bits per heavy atom. The van der Waals surface area contributed by atoms with E-state index in [1.54, 1.807) is 0 Å². The van der Waals surface area contributed by atoms with Crippen molar-refractivity contribution in [2.45, 2.75) is 51.5 Å². The van der Waals surface area contributed by atoms with Gasteiger partial charge in [-0.05, 0) is 63.3 Å². The van der Waals surface area contributed by atoms with E-state index in [2.05, 4.69) is 27.4 Å². The Kier molecular flexibility index (Phi) is 7.03. The number of urea groups is 1. The van der Waals surface area contributed by atoms with Gasteiger partial charge >= 0.3 is 6.03 Å². The van der Waals surface area contributed by atoms with Gasteiger partial charge < -0.3 is 20.4 Å². The number of nitrogens with zero attached hydrogens (tertiary/aromatic N) is 2. The first-order valence-corrected chi connectivity index (χ1v) is 10.4. The molecule has 2 saturated heterocycles. The fraction of sp³-hybridized carbons (Fsp3) is 0.650. The smallest absolute Gasteiger partial charge is 0.319 e. The SMILES string of the molecule is CCCN1CCC(NC(=O)Nc2ccc(N3CCCCC3)c(Cl)c2)CC1. The molecule has 0 saturated carbocycles. The summed E-state index contributed by atoms with van der Waals surface area (Å²) in [6.45, 7) is 7.61. The van der Waals surface area contributed by atoms with E-state index in [0.29, 0.717) is 5.02 Å². The van der Waals surface area contributed by atoms with Crippen LogP contribution in [0.15, 0.2) is 18.2 Å². The highest BCUT2D eigenvalue weighted by atomic mass is 35.5. The molecule has 0 atom stereocenters. The van der Waals surface area contributed by atoms with Crippen molar-refractivity contribution in [2.24, 2.45) is 0 Å². The Balaban J connectivity index is 1.49. The molecule has 5 nitrogen and oxygen atoms in total. The third-order valence-electron chi connectivity index (χ3n) is 5.36. The molecule has 2 N–H and O–H groups in total. The highest BCUT2D eigenvalue weighted by molar-refractivity contribution is 6.33.